The summed E-state index contributed by atoms with van der Waals surface area (Å²) in [5.41, 5.74) is 1.32. The van der Waals surface area contributed by atoms with Gasteiger partial charge in [-0.1, -0.05) is 90.1 Å². The standard InChI is InChI=1S/C50H66F2N9O9PSi2/c1-49(2,3)72(8,9)67-29-38-42(69-71(64)66-28-37-41(35(51)27-65-37)70-73(10,11)50(4,5)6)39(52)48(68-38)61-32-58-40-44(56-31-57-45(40)61)60(47(63)34-22-16-13-17-23-34)25-19-18-24-59(43-36(53-7)26-54-30-55-43)46(62)33-20-14-12-15-21-33/h12-23,26,30-32,35,37-39,41-42,48,71H,7,24-25,27-29H2,1-6,8-11H3/b19-18+/t35-,37+,38+,39+,41-,42+,48+/m0/s1. The predicted molar refractivity (Wildman–Crippen MR) is 280 cm³/mol. The molecule has 3 aromatic heterocycles. The summed E-state index contributed by atoms with van der Waals surface area (Å²) >= 11 is 0. The van der Waals surface area contributed by atoms with Crippen molar-refractivity contribution in [3.63, 3.8) is 0 Å². The molecule has 0 bridgehead atoms. The van der Waals surface area contributed by atoms with Crippen molar-refractivity contribution in [3.05, 3.63) is 109 Å². The number of carbonyl (C=O) groups excluding carboxylic acids is 2. The number of amides is 2. The van der Waals surface area contributed by atoms with Gasteiger partial charge in [0.05, 0.1) is 32.3 Å². The Hall–Kier alpha value is -5.30. The molecule has 8 atom stereocenters. The van der Waals surface area contributed by atoms with Gasteiger partial charge in [0.25, 0.3) is 11.8 Å². The Balaban J connectivity index is 1.15. The first-order valence-corrected chi connectivity index (χ1v) is 31.1. The van der Waals surface area contributed by atoms with Crippen LogP contribution in [0.3, 0.4) is 0 Å². The molecule has 23 heteroatoms. The minimum absolute atomic E-state index is 0.0187. The second kappa shape index (κ2) is 23.1. The van der Waals surface area contributed by atoms with Crippen LogP contribution < -0.4 is 9.80 Å². The van der Waals surface area contributed by atoms with Crippen molar-refractivity contribution >= 4 is 71.9 Å². The minimum Gasteiger partial charge on any atom is -0.414 e. The number of halogens is 2. The monoisotopic (exact) mass is 1060 g/mol. The van der Waals surface area contributed by atoms with Gasteiger partial charge < -0.3 is 27.4 Å². The van der Waals surface area contributed by atoms with Crippen LogP contribution in [0.15, 0.2) is 103 Å². The molecule has 0 N–H and O–H groups in total. The van der Waals surface area contributed by atoms with Gasteiger partial charge in [0.2, 0.25) is 0 Å². The molecule has 73 heavy (non-hydrogen) atoms. The highest BCUT2D eigenvalue weighted by Crippen LogP contribution is 2.44. The van der Waals surface area contributed by atoms with E-state index in [2.05, 4.69) is 57.4 Å². The molecule has 0 radical (unpaired) electrons. The van der Waals surface area contributed by atoms with Crippen molar-refractivity contribution in [2.45, 2.75) is 121 Å². The molecule has 2 aliphatic rings. The molecule has 0 aliphatic carbocycles. The van der Waals surface area contributed by atoms with Crippen molar-refractivity contribution in [3.8, 4) is 0 Å². The Kier molecular flexibility index (Phi) is 17.5. The quantitative estimate of drug-likeness (QED) is 0.0309. The second-order valence-electron chi connectivity index (χ2n) is 20.9. The fourth-order valence-corrected chi connectivity index (χ4v) is 10.9. The van der Waals surface area contributed by atoms with E-state index in [-0.39, 0.29) is 71.7 Å². The summed E-state index contributed by atoms with van der Waals surface area (Å²) in [6, 6.07) is 17.3. The largest absolute Gasteiger partial charge is 0.414 e. The topological polar surface area (TPSA) is 195 Å². The maximum atomic E-state index is 17.2. The summed E-state index contributed by atoms with van der Waals surface area (Å²) in [7, 11) is -8.32. The van der Waals surface area contributed by atoms with E-state index < -0.39 is 73.8 Å². The number of rotatable bonds is 20. The van der Waals surface area contributed by atoms with Gasteiger partial charge in [-0.25, -0.2) is 33.7 Å². The van der Waals surface area contributed by atoms with E-state index in [1.807, 2.05) is 47.0 Å². The molecule has 2 fully saturated rings. The van der Waals surface area contributed by atoms with E-state index in [1.165, 1.54) is 39.5 Å². The average molecular weight is 1060 g/mol. The number of aromatic nitrogens is 6. The van der Waals surface area contributed by atoms with E-state index in [4.69, 9.17) is 27.4 Å². The van der Waals surface area contributed by atoms with Gasteiger partial charge >= 0.3 is 8.25 Å². The summed E-state index contributed by atoms with van der Waals surface area (Å²) in [5.74, 6) is -0.449. The zero-order valence-corrected chi connectivity index (χ0v) is 46.0. The van der Waals surface area contributed by atoms with Crippen LogP contribution >= 0.6 is 8.25 Å². The lowest BCUT2D eigenvalue weighted by Gasteiger charge is -2.39. The molecule has 0 saturated carbocycles. The number of alkyl halides is 2. The molecular weight excluding hydrogens is 996 g/mol. The predicted octanol–water partition coefficient (Wildman–Crippen LogP) is 9.67. The maximum absolute atomic E-state index is 17.2. The first-order chi connectivity index (χ1) is 34.5. The summed E-state index contributed by atoms with van der Waals surface area (Å²) in [6.45, 7) is 23.4. The molecule has 7 rings (SSSR count). The Morgan fingerprint density at radius 2 is 1.41 bits per heavy atom. The van der Waals surface area contributed by atoms with Crippen LogP contribution in [-0.2, 0) is 31.9 Å². The third-order valence-corrected chi connectivity index (χ3v) is 23.8. The Bertz CT molecular complexity index is 2770. The normalized spacial score (nSPS) is 22.2. The lowest BCUT2D eigenvalue weighted by molar-refractivity contribution is -0.0423. The molecule has 2 aromatic carbocycles. The Morgan fingerprint density at radius 1 is 0.822 bits per heavy atom. The van der Waals surface area contributed by atoms with E-state index in [1.54, 1.807) is 72.8 Å². The second-order valence-corrected chi connectivity index (χ2v) is 31.5. The van der Waals surface area contributed by atoms with Crippen LogP contribution in [0.1, 0.15) is 68.5 Å². The molecular formula is C50H66F2N9O9PSi2. The summed E-state index contributed by atoms with van der Waals surface area (Å²) in [6.07, 6.45) is -0.383. The highest BCUT2D eigenvalue weighted by Gasteiger charge is 2.51. The average Bonchev–Trinajstić information content (AvgIpc) is 4.04. The number of ether oxygens (including phenoxy) is 2. The highest BCUT2D eigenvalue weighted by molar-refractivity contribution is 7.33. The zero-order chi connectivity index (χ0) is 52.9. The van der Waals surface area contributed by atoms with Crippen molar-refractivity contribution in [2.75, 3.05) is 42.7 Å². The number of carbonyl (C=O) groups is 2. The molecule has 0 spiro atoms. The number of hydrogen-bond acceptors (Lipinski definition) is 15. The summed E-state index contributed by atoms with van der Waals surface area (Å²) in [4.78, 5) is 57.2. The number of fused-ring (bicyclic) bond motifs is 1. The van der Waals surface area contributed by atoms with Gasteiger partial charge in [-0.05, 0) is 67.2 Å². The van der Waals surface area contributed by atoms with Crippen molar-refractivity contribution in [1.82, 2.24) is 29.5 Å². The lowest BCUT2D eigenvalue weighted by atomic mass is 10.1. The number of benzene rings is 2. The summed E-state index contributed by atoms with van der Waals surface area (Å²) < 4.78 is 84.0. The first-order valence-electron chi connectivity index (χ1n) is 24.1. The van der Waals surface area contributed by atoms with Gasteiger partial charge in [0.15, 0.2) is 58.0 Å². The molecule has 1 unspecified atom stereocenters. The minimum atomic E-state index is -3.46. The van der Waals surface area contributed by atoms with Crippen molar-refractivity contribution in [2.24, 2.45) is 4.99 Å². The van der Waals surface area contributed by atoms with Gasteiger partial charge in [-0.15, -0.1) is 0 Å². The van der Waals surface area contributed by atoms with E-state index >= 15 is 8.78 Å². The SMILES string of the molecule is C=Nc1cncnc1N(C/C=C/CN(C(=O)c1ccccc1)c1ncnc2c1ncn2[C@@H]1O[C@H](CO[Si](C)(C)C(C)(C)C)[C@@H](O[PH](=O)OC[C@H]2OC[C@H](F)[C@@H]2O[Si](C)(C)C(C)(C)C)[C@H]1F)C(=O)c1ccccc1. The molecule has 2 aliphatic heterocycles. The highest BCUT2D eigenvalue weighted by atomic mass is 31.1. The van der Waals surface area contributed by atoms with E-state index in [0.29, 0.717) is 16.8 Å². The number of nitrogens with zero attached hydrogens (tertiary/aromatic N) is 9. The van der Waals surface area contributed by atoms with Crippen LogP contribution in [0.5, 0.6) is 0 Å². The third-order valence-electron chi connectivity index (χ3n) is 14.0. The fourth-order valence-electron chi connectivity index (χ4n) is 7.67. The van der Waals surface area contributed by atoms with Crippen molar-refractivity contribution in [1.29, 1.82) is 0 Å². The zero-order valence-electron chi connectivity index (χ0n) is 43.0. The summed E-state index contributed by atoms with van der Waals surface area (Å²) in [5, 5.41) is -0.414. The van der Waals surface area contributed by atoms with Crippen LogP contribution in [0.25, 0.3) is 11.2 Å². The Labute approximate surface area is 427 Å². The first kappa shape index (κ1) is 55.5. The smallest absolute Gasteiger partial charge is 0.319 e. The maximum Gasteiger partial charge on any atom is 0.319 e. The number of aliphatic imine (C=N–C) groups is 1. The number of imidazole rings is 1. The van der Waals surface area contributed by atoms with Crippen LogP contribution in [0.2, 0.25) is 36.3 Å². The third kappa shape index (κ3) is 12.6. The van der Waals surface area contributed by atoms with Gasteiger partial charge in [-0.3, -0.25) is 33.5 Å². The van der Waals surface area contributed by atoms with Crippen LogP contribution in [0.4, 0.5) is 26.1 Å². The number of hydrogen-bond donors (Lipinski definition) is 0. The Morgan fingerprint density at radius 3 is 2.00 bits per heavy atom. The van der Waals surface area contributed by atoms with E-state index in [0.717, 1.165) is 0 Å². The molecule has 5 aromatic rings. The van der Waals surface area contributed by atoms with Gasteiger partial charge in [0, 0.05) is 24.2 Å². The van der Waals surface area contributed by atoms with E-state index in [9.17, 15) is 14.2 Å². The van der Waals surface area contributed by atoms with Gasteiger partial charge in [-0.2, -0.15) is 0 Å². The van der Waals surface area contributed by atoms with Gasteiger partial charge in [0.1, 0.15) is 42.8 Å². The van der Waals surface area contributed by atoms with Crippen LogP contribution in [-0.4, -0.2) is 134 Å². The fraction of sp³-hybridized carbons (Fsp3) is 0.480. The molecule has 18 nitrogen and oxygen atoms in total. The molecule has 392 valence electrons. The molecule has 2 saturated heterocycles. The molecule has 5 heterocycles. The lowest BCUT2D eigenvalue weighted by Crippen LogP contribution is -2.48. The van der Waals surface area contributed by atoms with Crippen molar-refractivity contribution < 1.29 is 50.3 Å². The number of anilines is 2. The molecule has 2 amide bonds. The van der Waals surface area contributed by atoms with Crippen LogP contribution in [0, 0.1) is 0 Å².